The van der Waals surface area contributed by atoms with Gasteiger partial charge in [0.15, 0.2) is 5.65 Å². The first-order valence-electron chi connectivity index (χ1n) is 5.18. The molecule has 2 heterocycles. The maximum Gasteiger partial charge on any atom is 0.241 e. The Bertz CT molecular complexity index is 511. The number of nitrogens with two attached hydrogens (primary N) is 1. The Labute approximate surface area is 97.8 Å². The van der Waals surface area contributed by atoms with Crippen molar-refractivity contribution in [2.45, 2.75) is 13.0 Å². The lowest BCUT2D eigenvalue weighted by Crippen LogP contribution is -2.33. The number of hydrazine groups is 1. The molecule has 0 spiro atoms. The second-order valence-corrected chi connectivity index (χ2v) is 3.79. The van der Waals surface area contributed by atoms with Crippen LogP contribution in [0.2, 0.25) is 0 Å². The maximum atomic E-state index is 9.17. The number of H-pyrrole nitrogens is 1. The van der Waals surface area contributed by atoms with E-state index in [1.54, 1.807) is 6.20 Å². The SMILES string of the molecule is CC(CO)N(C)c1nc(NN)nc2[nH]ncc12. The summed E-state index contributed by atoms with van der Waals surface area (Å²) in [6.45, 7) is 1.93. The second kappa shape index (κ2) is 4.52. The molecule has 0 saturated heterocycles. The van der Waals surface area contributed by atoms with Gasteiger partial charge in [-0.3, -0.25) is 10.5 Å². The molecule has 0 fully saturated rings. The molecule has 1 atom stereocenters. The molecular weight excluding hydrogens is 222 g/mol. The fourth-order valence-electron chi connectivity index (χ4n) is 1.48. The Hall–Kier alpha value is -1.93. The molecule has 0 radical (unpaired) electrons. The van der Waals surface area contributed by atoms with Crippen LogP contribution in [0.15, 0.2) is 6.20 Å². The molecule has 0 amide bonds. The van der Waals surface area contributed by atoms with Crippen LogP contribution in [0, 0.1) is 0 Å². The van der Waals surface area contributed by atoms with Crippen molar-refractivity contribution in [2.24, 2.45) is 5.84 Å². The van der Waals surface area contributed by atoms with Crippen LogP contribution in [-0.2, 0) is 0 Å². The Morgan fingerprint density at radius 2 is 2.35 bits per heavy atom. The van der Waals surface area contributed by atoms with Gasteiger partial charge < -0.3 is 10.0 Å². The van der Waals surface area contributed by atoms with Gasteiger partial charge in [0.05, 0.1) is 24.2 Å². The predicted molar refractivity (Wildman–Crippen MR) is 64.4 cm³/mol. The highest BCUT2D eigenvalue weighted by Crippen LogP contribution is 2.23. The van der Waals surface area contributed by atoms with Crippen molar-refractivity contribution >= 4 is 22.8 Å². The van der Waals surface area contributed by atoms with E-state index < -0.39 is 0 Å². The third kappa shape index (κ3) is 1.99. The van der Waals surface area contributed by atoms with Gasteiger partial charge in [-0.05, 0) is 6.92 Å². The van der Waals surface area contributed by atoms with Gasteiger partial charge in [0.1, 0.15) is 5.82 Å². The number of fused-ring (bicyclic) bond motifs is 1. The van der Waals surface area contributed by atoms with Crippen LogP contribution >= 0.6 is 0 Å². The highest BCUT2D eigenvalue weighted by Gasteiger charge is 2.16. The van der Waals surface area contributed by atoms with E-state index in [4.69, 9.17) is 10.9 Å². The summed E-state index contributed by atoms with van der Waals surface area (Å²) in [6.07, 6.45) is 1.64. The number of anilines is 2. The van der Waals surface area contributed by atoms with Crippen LogP contribution in [0.25, 0.3) is 11.0 Å². The summed E-state index contributed by atoms with van der Waals surface area (Å²) in [4.78, 5) is 10.2. The van der Waals surface area contributed by atoms with Crippen LogP contribution in [0.5, 0.6) is 0 Å². The molecule has 0 bridgehead atoms. The number of aromatic nitrogens is 4. The minimum absolute atomic E-state index is 0.0330. The van der Waals surface area contributed by atoms with Crippen LogP contribution in [0.3, 0.4) is 0 Å². The minimum atomic E-state index is -0.0615. The largest absolute Gasteiger partial charge is 0.394 e. The average molecular weight is 237 g/mol. The molecular formula is C9H15N7O. The summed E-state index contributed by atoms with van der Waals surface area (Å²) in [7, 11) is 1.84. The van der Waals surface area contributed by atoms with Gasteiger partial charge >= 0.3 is 0 Å². The predicted octanol–water partition coefficient (Wildman–Crippen LogP) is -0.544. The Balaban J connectivity index is 2.53. The molecule has 0 aliphatic carbocycles. The van der Waals surface area contributed by atoms with Crippen molar-refractivity contribution in [3.05, 3.63) is 6.20 Å². The second-order valence-electron chi connectivity index (χ2n) is 3.79. The van der Waals surface area contributed by atoms with E-state index in [9.17, 15) is 0 Å². The summed E-state index contributed by atoms with van der Waals surface area (Å²) in [5, 5.41) is 16.6. The third-order valence-electron chi connectivity index (χ3n) is 2.68. The Morgan fingerprint density at radius 1 is 1.59 bits per heavy atom. The molecule has 0 aliphatic rings. The normalized spacial score (nSPS) is 12.7. The van der Waals surface area contributed by atoms with Gasteiger partial charge in [-0.15, -0.1) is 0 Å². The zero-order valence-electron chi connectivity index (χ0n) is 9.68. The maximum absolute atomic E-state index is 9.17. The molecule has 2 aromatic heterocycles. The van der Waals surface area contributed by atoms with Gasteiger partial charge in [0.25, 0.3) is 0 Å². The summed E-state index contributed by atoms with van der Waals surface area (Å²) in [5.41, 5.74) is 3.00. The van der Waals surface area contributed by atoms with Crippen LogP contribution in [0.1, 0.15) is 6.92 Å². The average Bonchev–Trinajstić information content (AvgIpc) is 2.83. The first kappa shape index (κ1) is 11.6. The topological polar surface area (TPSA) is 116 Å². The van der Waals surface area contributed by atoms with Crippen molar-refractivity contribution in [3.63, 3.8) is 0 Å². The molecule has 0 aliphatic heterocycles. The lowest BCUT2D eigenvalue weighted by molar-refractivity contribution is 0.270. The van der Waals surface area contributed by atoms with Gasteiger partial charge in [-0.2, -0.15) is 15.1 Å². The number of nitrogens with one attached hydrogen (secondary N) is 2. The zero-order valence-corrected chi connectivity index (χ0v) is 9.68. The zero-order chi connectivity index (χ0) is 12.4. The fourth-order valence-corrected chi connectivity index (χ4v) is 1.48. The van der Waals surface area contributed by atoms with E-state index in [0.29, 0.717) is 17.4 Å². The number of hydrogen-bond donors (Lipinski definition) is 4. The standard InChI is InChI=1S/C9H15N7O/c1-5(4-17)16(2)8-6-3-11-15-7(6)12-9(13-8)14-10/h3,5,17H,4,10H2,1-2H3,(H2,11,12,13,14,15). The van der Waals surface area contributed by atoms with Crippen LogP contribution < -0.4 is 16.2 Å². The van der Waals surface area contributed by atoms with E-state index in [0.717, 1.165) is 5.39 Å². The van der Waals surface area contributed by atoms with Gasteiger partial charge in [0, 0.05) is 7.05 Å². The van der Waals surface area contributed by atoms with E-state index in [1.165, 1.54) is 0 Å². The number of aromatic amines is 1. The number of nitrogen functional groups attached to an aromatic ring is 1. The molecule has 2 rings (SSSR count). The van der Waals surface area contributed by atoms with E-state index in [1.807, 2.05) is 18.9 Å². The van der Waals surface area contributed by atoms with E-state index in [-0.39, 0.29) is 12.6 Å². The minimum Gasteiger partial charge on any atom is -0.394 e. The number of nitrogens with zero attached hydrogens (tertiary/aromatic N) is 4. The molecule has 0 saturated carbocycles. The van der Waals surface area contributed by atoms with Gasteiger partial charge in [0.2, 0.25) is 5.95 Å². The van der Waals surface area contributed by atoms with Crippen LogP contribution in [-0.4, -0.2) is 45.0 Å². The van der Waals surface area contributed by atoms with E-state index in [2.05, 4.69) is 25.6 Å². The summed E-state index contributed by atoms with van der Waals surface area (Å²) < 4.78 is 0. The first-order chi connectivity index (χ1) is 8.17. The monoisotopic (exact) mass is 237 g/mol. The molecule has 5 N–H and O–H groups in total. The number of aliphatic hydroxyl groups is 1. The quantitative estimate of drug-likeness (QED) is 0.416. The molecule has 8 nitrogen and oxygen atoms in total. The molecule has 0 aromatic carbocycles. The molecule has 2 aromatic rings. The highest BCUT2D eigenvalue weighted by molar-refractivity contribution is 5.87. The fraction of sp³-hybridized carbons (Fsp3) is 0.444. The Kier molecular flexibility index (Phi) is 3.07. The highest BCUT2D eigenvalue weighted by atomic mass is 16.3. The summed E-state index contributed by atoms with van der Waals surface area (Å²) in [6, 6.07) is -0.0615. The van der Waals surface area contributed by atoms with Crippen molar-refractivity contribution in [3.8, 4) is 0 Å². The summed E-state index contributed by atoms with van der Waals surface area (Å²) in [5.74, 6) is 6.27. The first-order valence-corrected chi connectivity index (χ1v) is 5.18. The molecule has 17 heavy (non-hydrogen) atoms. The van der Waals surface area contributed by atoms with E-state index >= 15 is 0 Å². The van der Waals surface area contributed by atoms with Crippen molar-refractivity contribution < 1.29 is 5.11 Å². The number of likely N-dealkylation sites (N-methyl/N-ethyl adjacent to an activating group) is 1. The number of aliphatic hydroxyl groups excluding tert-OH is 1. The van der Waals surface area contributed by atoms with Gasteiger partial charge in [-0.1, -0.05) is 0 Å². The molecule has 8 heteroatoms. The van der Waals surface area contributed by atoms with Crippen molar-refractivity contribution in [2.75, 3.05) is 24.0 Å². The van der Waals surface area contributed by atoms with Crippen LogP contribution in [0.4, 0.5) is 11.8 Å². The summed E-state index contributed by atoms with van der Waals surface area (Å²) >= 11 is 0. The molecule has 1 unspecified atom stereocenters. The van der Waals surface area contributed by atoms with Crippen molar-refractivity contribution in [1.29, 1.82) is 0 Å². The smallest absolute Gasteiger partial charge is 0.241 e. The van der Waals surface area contributed by atoms with Gasteiger partial charge in [-0.25, -0.2) is 5.84 Å². The number of hydrogen-bond acceptors (Lipinski definition) is 7. The van der Waals surface area contributed by atoms with Crippen molar-refractivity contribution in [1.82, 2.24) is 20.2 Å². The number of rotatable bonds is 4. The third-order valence-corrected chi connectivity index (χ3v) is 2.68. The Morgan fingerprint density at radius 3 is 3.00 bits per heavy atom. The lowest BCUT2D eigenvalue weighted by atomic mass is 10.3. The molecule has 92 valence electrons. The lowest BCUT2D eigenvalue weighted by Gasteiger charge is -2.24.